The Hall–Kier alpha value is -3.83. The highest BCUT2D eigenvalue weighted by Crippen LogP contribution is 2.10. The molecule has 1 aliphatic heterocycles. The molecule has 2 aromatic carbocycles. The molecule has 0 spiro atoms. The standard InChI is InChI=1S/C25H34N4O2S.C4H4O4/c1-27-14-16-28(17-15-27)24(30)23(20-22-10-6-3-7-11-22)26-25(31)29(18-19-32)13-12-21-8-4-2-5-9-21;5-3(6)1-2-4(7)8/h2-11,23,32H,12-20H2,1H3,(H,26,31);1-2H,(H,5,6)(H,7,8)/t23-;/m0./s1. The third-order valence-electron chi connectivity index (χ3n) is 6.23. The lowest BCUT2D eigenvalue weighted by molar-refractivity contribution is -0.135. The zero-order chi connectivity index (χ0) is 29.3. The second-order valence-corrected chi connectivity index (χ2v) is 9.72. The van der Waals surface area contributed by atoms with E-state index in [0.29, 0.717) is 50.5 Å². The van der Waals surface area contributed by atoms with Crippen LogP contribution in [0.1, 0.15) is 11.1 Å². The third kappa shape index (κ3) is 12.4. The molecule has 0 aliphatic carbocycles. The molecule has 1 heterocycles. The molecule has 3 amide bonds. The Labute approximate surface area is 240 Å². The first-order valence-corrected chi connectivity index (χ1v) is 13.7. The van der Waals surface area contributed by atoms with Gasteiger partial charge < -0.3 is 30.2 Å². The van der Waals surface area contributed by atoms with E-state index in [9.17, 15) is 19.2 Å². The van der Waals surface area contributed by atoms with Crippen LogP contribution in [0.4, 0.5) is 4.79 Å². The molecule has 0 radical (unpaired) electrons. The predicted molar refractivity (Wildman–Crippen MR) is 157 cm³/mol. The predicted octanol–water partition coefficient (Wildman–Crippen LogP) is 2.27. The molecule has 3 N–H and O–H groups in total. The number of amides is 3. The van der Waals surface area contributed by atoms with Crippen molar-refractivity contribution in [2.24, 2.45) is 0 Å². The lowest BCUT2D eigenvalue weighted by atomic mass is 10.0. The average molecular weight is 571 g/mol. The van der Waals surface area contributed by atoms with Gasteiger partial charge in [0.1, 0.15) is 6.04 Å². The Balaban J connectivity index is 0.000000611. The molecule has 11 heteroatoms. The summed E-state index contributed by atoms with van der Waals surface area (Å²) in [5.74, 6) is -1.96. The summed E-state index contributed by atoms with van der Waals surface area (Å²) in [5, 5.41) is 18.7. The van der Waals surface area contributed by atoms with Crippen molar-refractivity contribution in [1.29, 1.82) is 0 Å². The van der Waals surface area contributed by atoms with Crippen molar-refractivity contribution in [3.63, 3.8) is 0 Å². The number of hydrogen-bond donors (Lipinski definition) is 4. The number of carboxylic acids is 2. The van der Waals surface area contributed by atoms with Gasteiger partial charge in [0.15, 0.2) is 0 Å². The van der Waals surface area contributed by atoms with Gasteiger partial charge in [-0.2, -0.15) is 12.6 Å². The van der Waals surface area contributed by atoms with E-state index in [1.807, 2.05) is 53.4 Å². The van der Waals surface area contributed by atoms with Crippen LogP contribution in [-0.4, -0.2) is 107 Å². The fourth-order valence-electron chi connectivity index (χ4n) is 4.02. The topological polar surface area (TPSA) is 130 Å². The molecule has 40 heavy (non-hydrogen) atoms. The van der Waals surface area contributed by atoms with Gasteiger partial charge in [0.05, 0.1) is 0 Å². The number of carbonyl (C=O) groups excluding carboxylic acids is 2. The van der Waals surface area contributed by atoms with Crippen molar-refractivity contribution < 1.29 is 29.4 Å². The van der Waals surface area contributed by atoms with Gasteiger partial charge in [-0.1, -0.05) is 60.7 Å². The third-order valence-corrected chi connectivity index (χ3v) is 6.43. The van der Waals surface area contributed by atoms with Crippen LogP contribution in [0.25, 0.3) is 0 Å². The number of urea groups is 1. The zero-order valence-corrected chi connectivity index (χ0v) is 23.6. The number of nitrogens with zero attached hydrogens (tertiary/aromatic N) is 3. The van der Waals surface area contributed by atoms with Crippen molar-refractivity contribution in [3.8, 4) is 0 Å². The fourth-order valence-corrected chi connectivity index (χ4v) is 4.27. The normalized spacial score (nSPS) is 14.1. The number of piperazine rings is 1. The Morgan fingerprint density at radius 1 is 0.875 bits per heavy atom. The number of aliphatic carboxylic acids is 2. The molecule has 0 aromatic heterocycles. The highest BCUT2D eigenvalue weighted by Gasteiger charge is 2.29. The molecule has 0 bridgehead atoms. The first-order chi connectivity index (χ1) is 19.2. The van der Waals surface area contributed by atoms with Crippen molar-refractivity contribution in [1.82, 2.24) is 20.0 Å². The van der Waals surface area contributed by atoms with Crippen molar-refractivity contribution in [3.05, 3.63) is 83.9 Å². The SMILES string of the molecule is CN1CCN(C(=O)[C@H](Cc2ccccc2)NC(=O)N(CCS)CCc2ccccc2)CC1.O=C(O)C=CC(=O)O. The van der Waals surface area contributed by atoms with Crippen LogP contribution in [0.15, 0.2) is 72.8 Å². The largest absolute Gasteiger partial charge is 0.478 e. The smallest absolute Gasteiger partial charge is 0.328 e. The molecule has 1 atom stereocenters. The molecule has 1 saturated heterocycles. The van der Waals surface area contributed by atoms with Crippen LogP contribution >= 0.6 is 12.6 Å². The van der Waals surface area contributed by atoms with Gasteiger partial charge in [0, 0.05) is 63.6 Å². The van der Waals surface area contributed by atoms with E-state index >= 15 is 0 Å². The van der Waals surface area contributed by atoms with Crippen LogP contribution in [-0.2, 0) is 27.2 Å². The Bertz CT molecular complexity index is 1090. The van der Waals surface area contributed by atoms with Gasteiger partial charge in [0.2, 0.25) is 5.91 Å². The second kappa shape index (κ2) is 17.7. The first-order valence-electron chi connectivity index (χ1n) is 13.0. The molecule has 0 saturated carbocycles. The summed E-state index contributed by atoms with van der Waals surface area (Å²) in [6.07, 6.45) is 2.35. The number of rotatable bonds is 11. The van der Waals surface area contributed by atoms with E-state index in [2.05, 4.69) is 42.0 Å². The quantitative estimate of drug-likeness (QED) is 0.241. The minimum atomic E-state index is -1.26. The maximum atomic E-state index is 13.4. The van der Waals surface area contributed by atoms with Crippen molar-refractivity contribution in [2.75, 3.05) is 52.1 Å². The highest BCUT2D eigenvalue weighted by molar-refractivity contribution is 7.80. The van der Waals surface area contributed by atoms with Crippen LogP contribution in [0.3, 0.4) is 0 Å². The zero-order valence-electron chi connectivity index (χ0n) is 22.7. The molecule has 3 rings (SSSR count). The van der Waals surface area contributed by atoms with Crippen LogP contribution in [0, 0.1) is 0 Å². The second-order valence-electron chi connectivity index (χ2n) is 9.28. The lowest BCUT2D eigenvalue weighted by Crippen LogP contribution is -2.57. The maximum Gasteiger partial charge on any atom is 0.328 e. The number of benzene rings is 2. The monoisotopic (exact) mass is 570 g/mol. The van der Waals surface area contributed by atoms with Gasteiger partial charge in [-0.15, -0.1) is 0 Å². The van der Waals surface area contributed by atoms with Gasteiger partial charge in [-0.3, -0.25) is 4.79 Å². The molecule has 10 nitrogen and oxygen atoms in total. The van der Waals surface area contributed by atoms with Crippen molar-refractivity contribution >= 4 is 36.5 Å². The van der Waals surface area contributed by atoms with Gasteiger partial charge in [-0.25, -0.2) is 14.4 Å². The van der Waals surface area contributed by atoms with E-state index in [0.717, 1.165) is 25.1 Å². The van der Waals surface area contributed by atoms with Gasteiger partial charge in [-0.05, 0) is 24.6 Å². The summed E-state index contributed by atoms with van der Waals surface area (Å²) in [7, 11) is 2.06. The number of carboxylic acid groups (broad SMARTS) is 2. The number of nitrogens with one attached hydrogen (secondary N) is 1. The molecule has 0 unspecified atom stereocenters. The molecule has 1 fully saturated rings. The summed E-state index contributed by atoms with van der Waals surface area (Å²) in [5.41, 5.74) is 2.21. The van der Waals surface area contributed by atoms with Crippen LogP contribution < -0.4 is 5.32 Å². The minimum Gasteiger partial charge on any atom is -0.478 e. The highest BCUT2D eigenvalue weighted by atomic mass is 32.1. The van der Waals surface area contributed by atoms with E-state index in [4.69, 9.17) is 10.2 Å². The number of carbonyl (C=O) groups is 4. The molecule has 216 valence electrons. The van der Waals surface area contributed by atoms with E-state index < -0.39 is 18.0 Å². The summed E-state index contributed by atoms with van der Waals surface area (Å²) in [6.45, 7) is 4.18. The van der Waals surface area contributed by atoms with Gasteiger partial charge >= 0.3 is 18.0 Å². The van der Waals surface area contributed by atoms with Crippen LogP contribution in [0.2, 0.25) is 0 Å². The lowest BCUT2D eigenvalue weighted by Gasteiger charge is -2.35. The summed E-state index contributed by atoms with van der Waals surface area (Å²) in [6, 6.07) is 19.2. The molecular formula is C29H38N4O6S. The Kier molecular flexibility index (Phi) is 14.3. The Morgan fingerprint density at radius 3 is 1.90 bits per heavy atom. The number of thiol groups is 1. The first kappa shape index (κ1) is 32.4. The van der Waals surface area contributed by atoms with Crippen LogP contribution in [0.5, 0.6) is 0 Å². The summed E-state index contributed by atoms with van der Waals surface area (Å²) in [4.78, 5) is 51.5. The summed E-state index contributed by atoms with van der Waals surface area (Å²) < 4.78 is 0. The molecular weight excluding hydrogens is 532 g/mol. The minimum absolute atomic E-state index is 0.0100. The average Bonchev–Trinajstić information content (AvgIpc) is 2.95. The van der Waals surface area contributed by atoms with Gasteiger partial charge in [0.25, 0.3) is 0 Å². The molecule has 1 aliphatic rings. The van der Waals surface area contributed by atoms with E-state index in [1.165, 1.54) is 5.56 Å². The van der Waals surface area contributed by atoms with E-state index in [-0.39, 0.29) is 11.9 Å². The fraction of sp³-hybridized carbons (Fsp3) is 0.379. The number of hydrogen-bond acceptors (Lipinski definition) is 6. The Morgan fingerprint density at radius 2 is 1.40 bits per heavy atom. The molecule has 2 aromatic rings. The number of likely N-dealkylation sites (N-methyl/N-ethyl adjacent to an activating group) is 1. The summed E-state index contributed by atoms with van der Waals surface area (Å²) >= 11 is 4.34. The van der Waals surface area contributed by atoms with Crippen molar-refractivity contribution in [2.45, 2.75) is 18.9 Å². The maximum absolute atomic E-state index is 13.4. The van der Waals surface area contributed by atoms with E-state index in [1.54, 1.807) is 4.90 Å².